The van der Waals surface area contributed by atoms with Crippen molar-refractivity contribution >= 4 is 11.9 Å². The minimum Gasteiger partial charge on any atom is -0.467 e. The number of primary amides is 1. The number of aryl methyl sites for hydroxylation is 1. The van der Waals surface area contributed by atoms with Crippen molar-refractivity contribution in [2.45, 2.75) is 25.8 Å². The van der Waals surface area contributed by atoms with Crippen LogP contribution in [0.25, 0.3) is 0 Å². The van der Waals surface area contributed by atoms with Crippen LogP contribution in [0.3, 0.4) is 0 Å². The van der Waals surface area contributed by atoms with Gasteiger partial charge in [0.1, 0.15) is 12.0 Å². The van der Waals surface area contributed by atoms with E-state index in [1.54, 1.807) is 6.07 Å². The van der Waals surface area contributed by atoms with Crippen molar-refractivity contribution in [3.05, 3.63) is 59.0 Å². The maximum absolute atomic E-state index is 12.4. The number of amides is 3. The van der Waals surface area contributed by atoms with E-state index in [4.69, 9.17) is 10.2 Å². The molecule has 0 radical (unpaired) electrons. The van der Waals surface area contributed by atoms with Gasteiger partial charge >= 0.3 is 6.03 Å². The summed E-state index contributed by atoms with van der Waals surface area (Å²) in [6.07, 6.45) is 4.09. The van der Waals surface area contributed by atoms with Gasteiger partial charge < -0.3 is 20.4 Å². The molecule has 3 amide bonds. The van der Waals surface area contributed by atoms with Gasteiger partial charge in [-0.3, -0.25) is 4.79 Å². The van der Waals surface area contributed by atoms with Crippen LogP contribution >= 0.6 is 0 Å². The normalized spacial score (nSPS) is 14.4. The third-order valence-electron chi connectivity index (χ3n) is 4.28. The number of hydrogen-bond acceptors (Lipinski definition) is 3. The van der Waals surface area contributed by atoms with E-state index in [0.717, 1.165) is 25.8 Å². The minimum absolute atomic E-state index is 0.119. The SMILES string of the molecule is NC(=O)c1coc(CNC(=O)N2CCCc3ccccc3CC2)c1. The predicted molar refractivity (Wildman–Crippen MR) is 89.5 cm³/mol. The van der Waals surface area contributed by atoms with E-state index >= 15 is 0 Å². The largest absolute Gasteiger partial charge is 0.467 e. The van der Waals surface area contributed by atoms with E-state index in [1.165, 1.54) is 17.4 Å². The first-order valence-electron chi connectivity index (χ1n) is 8.10. The van der Waals surface area contributed by atoms with Crippen molar-refractivity contribution in [3.8, 4) is 0 Å². The van der Waals surface area contributed by atoms with E-state index in [0.29, 0.717) is 17.9 Å². The lowest BCUT2D eigenvalue weighted by Gasteiger charge is -2.26. The first-order chi connectivity index (χ1) is 11.6. The Labute approximate surface area is 140 Å². The number of carbonyl (C=O) groups is 2. The molecule has 1 aromatic heterocycles. The fraction of sp³-hybridized carbons (Fsp3) is 0.333. The third-order valence-corrected chi connectivity index (χ3v) is 4.28. The van der Waals surface area contributed by atoms with Crippen LogP contribution < -0.4 is 11.1 Å². The smallest absolute Gasteiger partial charge is 0.317 e. The molecule has 0 fully saturated rings. The fourth-order valence-corrected chi connectivity index (χ4v) is 2.95. The minimum atomic E-state index is -0.543. The van der Waals surface area contributed by atoms with Crippen LogP contribution in [0.5, 0.6) is 0 Å². The van der Waals surface area contributed by atoms with Gasteiger partial charge in [-0.05, 0) is 36.5 Å². The topological polar surface area (TPSA) is 88.6 Å². The molecule has 3 rings (SSSR count). The molecule has 0 saturated heterocycles. The molecule has 1 aliphatic rings. The molecule has 6 nitrogen and oxygen atoms in total. The van der Waals surface area contributed by atoms with Gasteiger partial charge in [-0.1, -0.05) is 24.3 Å². The molecule has 1 aliphatic heterocycles. The molecule has 0 aliphatic carbocycles. The van der Waals surface area contributed by atoms with Crippen LogP contribution in [0.15, 0.2) is 41.0 Å². The highest BCUT2D eigenvalue weighted by molar-refractivity contribution is 5.92. The Bertz CT molecular complexity index is 739. The van der Waals surface area contributed by atoms with Gasteiger partial charge in [0.05, 0.1) is 12.1 Å². The molecule has 1 aromatic carbocycles. The molecule has 0 spiro atoms. The van der Waals surface area contributed by atoms with Gasteiger partial charge in [0, 0.05) is 13.1 Å². The highest BCUT2D eigenvalue weighted by Crippen LogP contribution is 2.16. The van der Waals surface area contributed by atoms with Gasteiger partial charge in [0.15, 0.2) is 0 Å². The van der Waals surface area contributed by atoms with Crippen molar-refractivity contribution in [1.82, 2.24) is 10.2 Å². The van der Waals surface area contributed by atoms with E-state index in [9.17, 15) is 9.59 Å². The molecule has 0 atom stereocenters. The monoisotopic (exact) mass is 327 g/mol. The highest BCUT2D eigenvalue weighted by atomic mass is 16.3. The van der Waals surface area contributed by atoms with Crippen LogP contribution in [-0.2, 0) is 19.4 Å². The van der Waals surface area contributed by atoms with Crippen molar-refractivity contribution < 1.29 is 14.0 Å². The molecular weight excluding hydrogens is 306 g/mol. The van der Waals surface area contributed by atoms with Crippen molar-refractivity contribution in [2.75, 3.05) is 13.1 Å². The highest BCUT2D eigenvalue weighted by Gasteiger charge is 2.17. The molecule has 126 valence electrons. The van der Waals surface area contributed by atoms with Gasteiger partial charge in [0.25, 0.3) is 5.91 Å². The van der Waals surface area contributed by atoms with Gasteiger partial charge in [-0.2, -0.15) is 0 Å². The lowest BCUT2D eigenvalue weighted by Crippen LogP contribution is -2.42. The molecule has 2 heterocycles. The lowest BCUT2D eigenvalue weighted by atomic mass is 9.98. The second kappa shape index (κ2) is 7.21. The summed E-state index contributed by atoms with van der Waals surface area (Å²) in [5.41, 5.74) is 8.18. The van der Waals surface area contributed by atoms with E-state index in [2.05, 4.69) is 23.5 Å². The van der Waals surface area contributed by atoms with Crippen LogP contribution in [0.1, 0.15) is 33.7 Å². The van der Waals surface area contributed by atoms with Crippen molar-refractivity contribution in [2.24, 2.45) is 5.73 Å². The summed E-state index contributed by atoms with van der Waals surface area (Å²) in [6.45, 7) is 1.65. The number of hydrogen-bond donors (Lipinski definition) is 2. The Morgan fingerprint density at radius 2 is 1.92 bits per heavy atom. The number of urea groups is 1. The molecule has 24 heavy (non-hydrogen) atoms. The summed E-state index contributed by atoms with van der Waals surface area (Å²) in [6, 6.07) is 9.83. The molecule has 0 unspecified atom stereocenters. The Morgan fingerprint density at radius 3 is 2.62 bits per heavy atom. The summed E-state index contributed by atoms with van der Waals surface area (Å²) in [5.74, 6) is -0.0340. The zero-order chi connectivity index (χ0) is 16.9. The van der Waals surface area contributed by atoms with Crippen LogP contribution in [0.2, 0.25) is 0 Å². The first-order valence-corrected chi connectivity index (χ1v) is 8.10. The Hall–Kier alpha value is -2.76. The lowest BCUT2D eigenvalue weighted by molar-refractivity contribution is 0.0999. The Balaban J connectivity index is 1.56. The third kappa shape index (κ3) is 3.76. The summed E-state index contributed by atoms with van der Waals surface area (Å²) in [4.78, 5) is 25.2. The average molecular weight is 327 g/mol. The number of furan rings is 1. The number of nitrogens with zero attached hydrogens (tertiary/aromatic N) is 1. The average Bonchev–Trinajstić information content (AvgIpc) is 3.03. The Kier molecular flexibility index (Phi) is 4.84. The standard InChI is InChI=1S/C18H21N3O3/c19-17(22)15-10-16(24-12-15)11-20-18(23)21-8-3-6-13-4-1-2-5-14(13)7-9-21/h1-2,4-5,10,12H,3,6-9,11H2,(H2,19,22)(H,20,23). The van der Waals surface area contributed by atoms with E-state index in [1.807, 2.05) is 11.0 Å². The second-order valence-electron chi connectivity index (χ2n) is 5.93. The van der Waals surface area contributed by atoms with Crippen LogP contribution in [-0.4, -0.2) is 29.9 Å². The van der Waals surface area contributed by atoms with Crippen molar-refractivity contribution in [3.63, 3.8) is 0 Å². The van der Waals surface area contributed by atoms with Gasteiger partial charge in [-0.25, -0.2) is 4.79 Å². The summed E-state index contributed by atoms with van der Waals surface area (Å²) in [7, 11) is 0. The molecule has 0 saturated carbocycles. The Morgan fingerprint density at radius 1 is 1.17 bits per heavy atom. The number of fused-ring (bicyclic) bond motifs is 1. The summed E-state index contributed by atoms with van der Waals surface area (Å²) >= 11 is 0. The predicted octanol–water partition coefficient (Wildman–Crippen LogP) is 2.08. The summed E-state index contributed by atoms with van der Waals surface area (Å²) < 4.78 is 5.22. The number of benzene rings is 1. The molecule has 3 N–H and O–H groups in total. The number of rotatable bonds is 3. The number of nitrogens with two attached hydrogens (primary N) is 1. The second-order valence-corrected chi connectivity index (χ2v) is 5.93. The van der Waals surface area contributed by atoms with Crippen LogP contribution in [0, 0.1) is 0 Å². The van der Waals surface area contributed by atoms with Crippen molar-refractivity contribution in [1.29, 1.82) is 0 Å². The zero-order valence-electron chi connectivity index (χ0n) is 13.5. The fourth-order valence-electron chi connectivity index (χ4n) is 2.95. The summed E-state index contributed by atoms with van der Waals surface area (Å²) in [5, 5.41) is 2.83. The number of nitrogens with one attached hydrogen (secondary N) is 1. The van der Waals surface area contributed by atoms with Gasteiger partial charge in [-0.15, -0.1) is 0 Å². The molecule has 6 heteroatoms. The quantitative estimate of drug-likeness (QED) is 0.904. The maximum atomic E-state index is 12.4. The van der Waals surface area contributed by atoms with Crippen LogP contribution in [0.4, 0.5) is 4.79 Å². The van der Waals surface area contributed by atoms with Gasteiger partial charge in [0.2, 0.25) is 0 Å². The van der Waals surface area contributed by atoms with E-state index in [-0.39, 0.29) is 12.6 Å². The van der Waals surface area contributed by atoms with E-state index < -0.39 is 5.91 Å². The first kappa shape index (κ1) is 16.1. The number of carbonyl (C=O) groups excluding carboxylic acids is 2. The molecule has 2 aromatic rings. The zero-order valence-corrected chi connectivity index (χ0v) is 13.5. The maximum Gasteiger partial charge on any atom is 0.317 e. The molecule has 0 bridgehead atoms. The molecular formula is C18H21N3O3.